The molecule has 2 aromatic rings. The fourth-order valence-corrected chi connectivity index (χ4v) is 3.89. The molecule has 10 heteroatoms. The highest BCUT2D eigenvalue weighted by atomic mass is 32.2. The Labute approximate surface area is 178 Å². The van der Waals surface area contributed by atoms with Crippen LogP contribution in [0.25, 0.3) is 5.57 Å². The monoisotopic (exact) mass is 449 g/mol. The largest absolute Gasteiger partial charge is 0.507 e. The number of carbonyl (C=O) groups is 2. The standard InChI is InChI=1S/C21H20FNO7S/c1-3-16(23)20(21(26)29-2)19(15-10-9-13(22)11-17(15)25)18(12-24)31(27,28)30-14-7-5-4-6-8-14/h3-12,18,25H,23H2,1-2H3/b16-3-,20-19+. The fourth-order valence-electron chi connectivity index (χ4n) is 2.73. The summed E-state index contributed by atoms with van der Waals surface area (Å²) in [5.74, 6) is -2.71. The highest BCUT2D eigenvalue weighted by Crippen LogP contribution is 2.35. The number of aldehydes is 1. The van der Waals surface area contributed by atoms with Gasteiger partial charge in [-0.3, -0.25) is 0 Å². The van der Waals surface area contributed by atoms with Crippen molar-refractivity contribution in [2.45, 2.75) is 12.2 Å². The van der Waals surface area contributed by atoms with Gasteiger partial charge in [0.2, 0.25) is 0 Å². The molecule has 0 saturated carbocycles. The van der Waals surface area contributed by atoms with Crippen LogP contribution in [0.2, 0.25) is 0 Å². The molecule has 8 nitrogen and oxygen atoms in total. The van der Waals surface area contributed by atoms with Crippen LogP contribution in [-0.2, 0) is 24.4 Å². The van der Waals surface area contributed by atoms with E-state index >= 15 is 0 Å². The summed E-state index contributed by atoms with van der Waals surface area (Å²) in [5.41, 5.74) is 4.33. The summed E-state index contributed by atoms with van der Waals surface area (Å²) in [4.78, 5) is 24.5. The highest BCUT2D eigenvalue weighted by molar-refractivity contribution is 7.89. The van der Waals surface area contributed by atoms with E-state index in [0.29, 0.717) is 6.07 Å². The molecule has 1 unspecified atom stereocenters. The third-order valence-corrected chi connectivity index (χ3v) is 5.58. The minimum atomic E-state index is -4.75. The minimum Gasteiger partial charge on any atom is -0.507 e. The smallest absolute Gasteiger partial charge is 0.340 e. The number of nitrogens with two attached hydrogens (primary N) is 1. The first-order valence-corrected chi connectivity index (χ1v) is 10.3. The number of esters is 1. The molecule has 0 heterocycles. The number of hydrogen-bond acceptors (Lipinski definition) is 8. The number of halogens is 1. The van der Waals surface area contributed by atoms with E-state index in [9.17, 15) is 27.5 Å². The second kappa shape index (κ2) is 9.90. The van der Waals surface area contributed by atoms with Crippen molar-refractivity contribution in [3.8, 4) is 11.5 Å². The molecular formula is C21H20FNO7S. The first-order chi connectivity index (χ1) is 14.7. The molecule has 1 atom stereocenters. The second-order valence-electron chi connectivity index (χ2n) is 6.13. The average Bonchev–Trinajstić information content (AvgIpc) is 2.73. The Hall–Kier alpha value is -3.66. The number of phenols is 1. The SMILES string of the molecule is C/C=C(N)/C(C(=O)OC)=C(/c1ccc(F)cc1O)C(C=O)S(=O)(=O)Oc1ccccc1. The predicted octanol–water partition coefficient (Wildman–Crippen LogP) is 2.30. The van der Waals surface area contributed by atoms with Crippen LogP contribution >= 0.6 is 0 Å². The van der Waals surface area contributed by atoms with E-state index in [0.717, 1.165) is 19.2 Å². The molecule has 0 aromatic heterocycles. The van der Waals surface area contributed by atoms with Gasteiger partial charge in [-0.2, -0.15) is 8.42 Å². The molecule has 0 aliphatic heterocycles. The highest BCUT2D eigenvalue weighted by Gasteiger charge is 2.37. The Morgan fingerprint density at radius 1 is 1.19 bits per heavy atom. The number of rotatable bonds is 8. The van der Waals surface area contributed by atoms with Gasteiger partial charge in [0.1, 0.15) is 23.6 Å². The molecule has 0 aliphatic rings. The number of carbonyl (C=O) groups excluding carboxylic acids is 2. The van der Waals surface area contributed by atoms with E-state index in [2.05, 4.69) is 0 Å². The van der Waals surface area contributed by atoms with E-state index in [1.165, 1.54) is 37.3 Å². The zero-order valence-electron chi connectivity index (χ0n) is 16.6. The van der Waals surface area contributed by atoms with Gasteiger partial charge in [0, 0.05) is 22.9 Å². The normalized spacial score (nSPS) is 13.7. The quantitative estimate of drug-likeness (QED) is 0.206. The zero-order chi connectivity index (χ0) is 23.2. The lowest BCUT2D eigenvalue weighted by Gasteiger charge is -2.21. The topological polar surface area (TPSA) is 133 Å². The van der Waals surface area contributed by atoms with Gasteiger partial charge >= 0.3 is 16.1 Å². The molecule has 0 amide bonds. The van der Waals surface area contributed by atoms with Gasteiger partial charge in [-0.05, 0) is 31.2 Å². The Morgan fingerprint density at radius 2 is 1.84 bits per heavy atom. The van der Waals surface area contributed by atoms with Gasteiger partial charge in [0.25, 0.3) is 0 Å². The Morgan fingerprint density at radius 3 is 2.35 bits per heavy atom. The summed E-state index contributed by atoms with van der Waals surface area (Å²) in [6, 6.07) is 9.98. The van der Waals surface area contributed by atoms with Crippen molar-refractivity contribution in [2.75, 3.05) is 7.11 Å². The number of allylic oxidation sites excluding steroid dienone is 1. The van der Waals surface area contributed by atoms with Gasteiger partial charge in [-0.15, -0.1) is 0 Å². The maximum Gasteiger partial charge on any atom is 0.340 e. The Balaban J connectivity index is 2.86. The number of benzene rings is 2. The molecule has 0 fully saturated rings. The Bertz CT molecular complexity index is 1140. The van der Waals surface area contributed by atoms with Crippen molar-refractivity contribution in [2.24, 2.45) is 5.73 Å². The molecule has 31 heavy (non-hydrogen) atoms. The fraction of sp³-hybridized carbons (Fsp3) is 0.143. The Kier molecular flexibility index (Phi) is 7.54. The van der Waals surface area contributed by atoms with Crippen LogP contribution in [-0.4, -0.2) is 38.1 Å². The second-order valence-corrected chi connectivity index (χ2v) is 7.79. The number of aromatic hydroxyl groups is 1. The summed E-state index contributed by atoms with van der Waals surface area (Å²) < 4.78 is 49.3. The van der Waals surface area contributed by atoms with Crippen molar-refractivity contribution in [1.29, 1.82) is 0 Å². The van der Waals surface area contributed by atoms with E-state index in [-0.39, 0.29) is 23.3 Å². The van der Waals surface area contributed by atoms with Gasteiger partial charge in [0.05, 0.1) is 12.7 Å². The first kappa shape index (κ1) is 23.6. The molecule has 2 aromatic carbocycles. The minimum absolute atomic E-state index is 0.0162. The van der Waals surface area contributed by atoms with E-state index in [1.807, 2.05) is 0 Å². The molecule has 2 rings (SSSR count). The van der Waals surface area contributed by atoms with E-state index < -0.39 is 44.1 Å². The molecule has 0 aliphatic carbocycles. The third-order valence-electron chi connectivity index (χ3n) is 4.18. The lowest BCUT2D eigenvalue weighted by Crippen LogP contribution is -2.31. The summed E-state index contributed by atoms with van der Waals surface area (Å²) in [7, 11) is -3.72. The number of phenolic OH excluding ortho intramolecular Hbond substituents is 1. The maximum absolute atomic E-state index is 13.5. The van der Waals surface area contributed by atoms with Crippen molar-refractivity contribution >= 4 is 27.9 Å². The summed E-state index contributed by atoms with van der Waals surface area (Å²) in [6.45, 7) is 1.46. The van der Waals surface area contributed by atoms with Crippen LogP contribution < -0.4 is 9.92 Å². The summed E-state index contributed by atoms with van der Waals surface area (Å²) >= 11 is 0. The predicted molar refractivity (Wildman–Crippen MR) is 111 cm³/mol. The van der Waals surface area contributed by atoms with Crippen LogP contribution in [0.4, 0.5) is 4.39 Å². The molecular weight excluding hydrogens is 429 g/mol. The molecule has 0 spiro atoms. The van der Waals surface area contributed by atoms with Gasteiger partial charge in [-0.1, -0.05) is 24.3 Å². The average molecular weight is 449 g/mol. The van der Waals surface area contributed by atoms with Crippen molar-refractivity contribution in [3.63, 3.8) is 0 Å². The number of ether oxygens (including phenoxy) is 1. The van der Waals surface area contributed by atoms with Gasteiger partial charge < -0.3 is 24.6 Å². The lowest BCUT2D eigenvalue weighted by molar-refractivity contribution is -0.135. The van der Waals surface area contributed by atoms with Crippen LogP contribution in [0.15, 0.2) is 65.9 Å². The van der Waals surface area contributed by atoms with Crippen molar-refractivity contribution in [1.82, 2.24) is 0 Å². The van der Waals surface area contributed by atoms with Gasteiger partial charge in [0.15, 0.2) is 5.25 Å². The van der Waals surface area contributed by atoms with E-state index in [4.69, 9.17) is 14.7 Å². The lowest BCUT2D eigenvalue weighted by atomic mass is 9.94. The number of hydrogen-bond donors (Lipinski definition) is 2. The van der Waals surface area contributed by atoms with Crippen LogP contribution in [0.1, 0.15) is 12.5 Å². The number of para-hydroxylation sites is 1. The maximum atomic E-state index is 13.5. The van der Waals surface area contributed by atoms with Gasteiger partial charge in [-0.25, -0.2) is 9.18 Å². The zero-order valence-corrected chi connectivity index (χ0v) is 17.4. The first-order valence-electron chi connectivity index (χ1n) is 8.83. The number of methoxy groups -OCH3 is 1. The molecule has 3 N–H and O–H groups in total. The van der Waals surface area contributed by atoms with Crippen LogP contribution in [0.3, 0.4) is 0 Å². The summed E-state index contributed by atoms with van der Waals surface area (Å²) in [6.07, 6.45) is 1.29. The van der Waals surface area contributed by atoms with Crippen molar-refractivity contribution in [3.05, 3.63) is 77.3 Å². The molecule has 0 bridgehead atoms. The van der Waals surface area contributed by atoms with E-state index in [1.54, 1.807) is 6.07 Å². The summed E-state index contributed by atoms with van der Waals surface area (Å²) in [5, 5.41) is 8.17. The van der Waals surface area contributed by atoms with Crippen LogP contribution in [0, 0.1) is 5.82 Å². The van der Waals surface area contributed by atoms with Crippen LogP contribution in [0.5, 0.6) is 11.5 Å². The molecule has 164 valence electrons. The van der Waals surface area contributed by atoms with Crippen molar-refractivity contribution < 1.29 is 36.4 Å². The molecule has 0 saturated heterocycles. The third kappa shape index (κ3) is 5.28. The molecule has 0 radical (unpaired) electrons.